The second-order valence-electron chi connectivity index (χ2n) is 10.0. The number of aromatic amines is 1. The molecule has 0 spiro atoms. The summed E-state index contributed by atoms with van der Waals surface area (Å²) in [5, 5.41) is 20.8. The van der Waals surface area contributed by atoms with Crippen molar-refractivity contribution in [1.29, 1.82) is 0 Å². The van der Waals surface area contributed by atoms with E-state index in [0.717, 1.165) is 24.5 Å². The number of nitrogens with one attached hydrogen (secondary N) is 2. The summed E-state index contributed by atoms with van der Waals surface area (Å²) in [6.45, 7) is 4.79. The minimum absolute atomic E-state index is 0.145. The maximum absolute atomic E-state index is 12.1. The maximum Gasteiger partial charge on any atom is 0.308 e. The van der Waals surface area contributed by atoms with Crippen molar-refractivity contribution in [3.8, 4) is 0 Å². The molecular formula is C24H34N6O2. The maximum atomic E-state index is 12.1. The third-order valence-corrected chi connectivity index (χ3v) is 7.67. The van der Waals surface area contributed by atoms with Crippen molar-refractivity contribution in [3.63, 3.8) is 0 Å². The molecule has 3 N–H and O–H groups in total. The van der Waals surface area contributed by atoms with E-state index in [4.69, 9.17) is 9.97 Å². The molecule has 1 saturated heterocycles. The minimum atomic E-state index is -0.710. The molecule has 8 heteroatoms. The highest BCUT2D eigenvalue weighted by molar-refractivity contribution is 5.72. The lowest BCUT2D eigenvalue weighted by Gasteiger charge is -2.45. The zero-order valence-corrected chi connectivity index (χ0v) is 19.0. The third-order valence-electron chi connectivity index (χ3n) is 7.67. The molecule has 0 aromatic carbocycles. The van der Waals surface area contributed by atoms with Gasteiger partial charge in [-0.1, -0.05) is 32.1 Å². The van der Waals surface area contributed by atoms with Gasteiger partial charge in [0.1, 0.15) is 5.82 Å². The number of nitrogens with zero attached hydrogens (tertiary/aromatic N) is 4. The van der Waals surface area contributed by atoms with E-state index in [1.807, 2.05) is 19.9 Å². The summed E-state index contributed by atoms with van der Waals surface area (Å²) in [5.41, 5.74) is 2.03. The van der Waals surface area contributed by atoms with Gasteiger partial charge < -0.3 is 15.3 Å². The van der Waals surface area contributed by atoms with Gasteiger partial charge in [-0.25, -0.2) is 4.98 Å². The van der Waals surface area contributed by atoms with E-state index < -0.39 is 11.9 Å². The first-order valence-corrected chi connectivity index (χ1v) is 12.2. The fourth-order valence-electron chi connectivity index (χ4n) is 5.63. The normalized spacial score (nSPS) is 26.8. The first-order valence-electron chi connectivity index (χ1n) is 12.2. The number of carboxylic acids is 1. The number of piperidine rings is 1. The van der Waals surface area contributed by atoms with E-state index in [9.17, 15) is 9.90 Å². The monoisotopic (exact) mass is 438 g/mol. The Labute approximate surface area is 189 Å². The summed E-state index contributed by atoms with van der Waals surface area (Å²) < 4.78 is 0. The van der Waals surface area contributed by atoms with Crippen molar-refractivity contribution in [2.24, 2.45) is 17.8 Å². The van der Waals surface area contributed by atoms with Crippen LogP contribution >= 0.6 is 0 Å². The van der Waals surface area contributed by atoms with Crippen LogP contribution in [-0.4, -0.2) is 43.8 Å². The van der Waals surface area contributed by atoms with Gasteiger partial charge in [-0.2, -0.15) is 10.1 Å². The molecule has 172 valence electrons. The molecule has 3 heterocycles. The van der Waals surface area contributed by atoms with E-state index in [-0.39, 0.29) is 6.04 Å². The molecule has 0 bridgehead atoms. The first-order chi connectivity index (χ1) is 15.5. The van der Waals surface area contributed by atoms with Crippen LogP contribution in [0.3, 0.4) is 0 Å². The molecule has 3 atom stereocenters. The Kier molecular flexibility index (Phi) is 5.78. The minimum Gasteiger partial charge on any atom is -0.481 e. The van der Waals surface area contributed by atoms with Gasteiger partial charge in [0, 0.05) is 42.0 Å². The molecular weight excluding hydrogens is 404 g/mol. The smallest absolute Gasteiger partial charge is 0.308 e. The quantitative estimate of drug-likeness (QED) is 0.604. The molecule has 0 amide bonds. The van der Waals surface area contributed by atoms with E-state index in [1.165, 1.54) is 50.6 Å². The number of rotatable bonds is 6. The van der Waals surface area contributed by atoms with E-state index in [2.05, 4.69) is 26.5 Å². The van der Waals surface area contributed by atoms with Crippen molar-refractivity contribution in [1.82, 2.24) is 20.2 Å². The van der Waals surface area contributed by atoms with Crippen LogP contribution in [0.4, 0.5) is 17.6 Å². The molecule has 3 fully saturated rings. The SMILES string of the molecule is Cc1cc(Nc2cc(C3CC3)[nH]n2)nc(N2C[C@H](C3CCCCC3)C[C@H](C(=O)O)C2C)n1. The van der Waals surface area contributed by atoms with Crippen LogP contribution in [0.1, 0.15) is 75.6 Å². The predicted octanol–water partition coefficient (Wildman–Crippen LogP) is 4.63. The number of carbonyl (C=O) groups is 1. The van der Waals surface area contributed by atoms with E-state index in [0.29, 0.717) is 29.5 Å². The number of carboxylic acid groups (broad SMARTS) is 1. The van der Waals surface area contributed by atoms with E-state index in [1.54, 1.807) is 0 Å². The van der Waals surface area contributed by atoms with Crippen LogP contribution in [0.5, 0.6) is 0 Å². The predicted molar refractivity (Wildman–Crippen MR) is 123 cm³/mol. The lowest BCUT2D eigenvalue weighted by atomic mass is 9.72. The van der Waals surface area contributed by atoms with Crippen LogP contribution < -0.4 is 10.2 Å². The zero-order chi connectivity index (χ0) is 22.2. The molecule has 1 aliphatic heterocycles. The van der Waals surface area contributed by atoms with Crippen LogP contribution in [0, 0.1) is 24.7 Å². The molecule has 2 saturated carbocycles. The summed E-state index contributed by atoms with van der Waals surface area (Å²) in [5.74, 6) is 2.55. The van der Waals surface area contributed by atoms with Crippen LogP contribution in [0.15, 0.2) is 12.1 Å². The van der Waals surface area contributed by atoms with Crippen LogP contribution in [0.25, 0.3) is 0 Å². The number of hydrogen-bond acceptors (Lipinski definition) is 6. The molecule has 2 aromatic heterocycles. The van der Waals surface area contributed by atoms with Gasteiger partial charge >= 0.3 is 5.97 Å². The first kappa shape index (κ1) is 21.2. The fourth-order valence-corrected chi connectivity index (χ4v) is 5.63. The van der Waals surface area contributed by atoms with Gasteiger partial charge in [0.25, 0.3) is 0 Å². The van der Waals surface area contributed by atoms with Gasteiger partial charge in [0.05, 0.1) is 5.92 Å². The van der Waals surface area contributed by atoms with Crippen molar-refractivity contribution in [2.75, 3.05) is 16.8 Å². The molecule has 32 heavy (non-hydrogen) atoms. The van der Waals surface area contributed by atoms with Gasteiger partial charge in [-0.05, 0) is 44.9 Å². The van der Waals surface area contributed by atoms with Crippen molar-refractivity contribution >= 4 is 23.6 Å². The second kappa shape index (κ2) is 8.71. The molecule has 1 unspecified atom stereocenters. The summed E-state index contributed by atoms with van der Waals surface area (Å²) in [6, 6.07) is 3.82. The molecule has 2 aliphatic carbocycles. The average Bonchev–Trinajstić information content (AvgIpc) is 3.53. The number of aryl methyl sites for hydroxylation is 1. The van der Waals surface area contributed by atoms with Crippen molar-refractivity contribution in [3.05, 3.63) is 23.5 Å². The highest BCUT2D eigenvalue weighted by atomic mass is 16.4. The number of aliphatic carboxylic acids is 1. The Bertz CT molecular complexity index is 965. The fraction of sp³-hybridized carbons (Fsp3) is 0.667. The highest BCUT2D eigenvalue weighted by Gasteiger charge is 2.41. The van der Waals surface area contributed by atoms with Gasteiger partial charge in [0.15, 0.2) is 5.82 Å². The number of hydrogen-bond donors (Lipinski definition) is 3. The summed E-state index contributed by atoms with van der Waals surface area (Å²) in [6.07, 6.45) is 9.44. The van der Waals surface area contributed by atoms with Crippen molar-refractivity contribution in [2.45, 2.75) is 77.2 Å². The molecule has 5 rings (SSSR count). The second-order valence-corrected chi connectivity index (χ2v) is 10.0. The van der Waals surface area contributed by atoms with E-state index >= 15 is 0 Å². The van der Waals surface area contributed by atoms with Crippen LogP contribution in [0.2, 0.25) is 0 Å². The third kappa shape index (κ3) is 4.45. The molecule has 2 aromatic rings. The summed E-state index contributed by atoms with van der Waals surface area (Å²) in [7, 11) is 0. The zero-order valence-electron chi connectivity index (χ0n) is 19.0. The summed E-state index contributed by atoms with van der Waals surface area (Å²) >= 11 is 0. The number of aromatic nitrogens is 4. The Morgan fingerprint density at radius 3 is 2.59 bits per heavy atom. The number of H-pyrrole nitrogens is 1. The van der Waals surface area contributed by atoms with Gasteiger partial charge in [-0.3, -0.25) is 9.89 Å². The Morgan fingerprint density at radius 2 is 1.88 bits per heavy atom. The Morgan fingerprint density at radius 1 is 1.09 bits per heavy atom. The average molecular weight is 439 g/mol. The number of anilines is 3. The molecule has 0 radical (unpaired) electrons. The Balaban J connectivity index is 1.39. The Hall–Kier alpha value is -2.64. The molecule has 3 aliphatic rings. The van der Waals surface area contributed by atoms with Crippen molar-refractivity contribution < 1.29 is 9.90 Å². The van der Waals surface area contributed by atoms with Gasteiger partial charge in [0.2, 0.25) is 5.95 Å². The topological polar surface area (TPSA) is 107 Å². The highest BCUT2D eigenvalue weighted by Crippen LogP contribution is 2.41. The lowest BCUT2D eigenvalue weighted by Crippen LogP contribution is -2.52. The molecule has 8 nitrogen and oxygen atoms in total. The standard InChI is InChI=1S/C24H34N6O2/c1-14-10-21(26-22-12-20(28-29-22)17-8-9-17)27-24(25-14)30-13-18(16-6-4-3-5-7-16)11-19(15(30)2)23(31)32/h10,12,15-19H,3-9,11,13H2,1-2H3,(H,31,32)(H2,25,26,27,28,29)/t15?,18-,19+/m1/s1. The lowest BCUT2D eigenvalue weighted by molar-refractivity contribution is -0.144. The van der Waals surface area contributed by atoms with Gasteiger partial charge in [-0.15, -0.1) is 0 Å². The largest absolute Gasteiger partial charge is 0.481 e. The summed E-state index contributed by atoms with van der Waals surface area (Å²) in [4.78, 5) is 23.8. The van der Waals surface area contributed by atoms with Crippen LogP contribution in [-0.2, 0) is 4.79 Å².